The second-order valence-electron chi connectivity index (χ2n) is 9.27. The molecule has 7 aromatic rings. The smallest absolute Gasteiger partial charge is 0.0645 e. The summed E-state index contributed by atoms with van der Waals surface area (Å²) in [7, 11) is 0. The maximum Gasteiger partial charge on any atom is 0.0645 e. The number of benzene rings is 7. The van der Waals surface area contributed by atoms with Gasteiger partial charge >= 0.3 is 0 Å². The lowest BCUT2D eigenvalue weighted by atomic mass is 9.97. The molecule has 0 N–H and O–H groups in total. The maximum absolute atomic E-state index is 9.24. The molecule has 0 aromatic heterocycles. The molecule has 7 aromatic carbocycles. The van der Waals surface area contributed by atoms with Gasteiger partial charge in [-0.15, -0.1) is 0 Å². The van der Waals surface area contributed by atoms with E-state index in [0.29, 0.717) is 11.4 Å². The first-order chi connectivity index (χ1) is 22.3. The normalized spacial score (nSPS) is 13.6. The van der Waals surface area contributed by atoms with Gasteiger partial charge in [0.1, 0.15) is 0 Å². The first kappa shape index (κ1) is 16.7. The Bertz CT molecular complexity index is 2290. The third-order valence-electron chi connectivity index (χ3n) is 6.95. The van der Waals surface area contributed by atoms with Crippen molar-refractivity contribution in [1.29, 1.82) is 0 Å². The fraction of sp³-hybridized carbons (Fsp3) is 0. The largest absolute Gasteiger partial charge is 0.309 e. The minimum absolute atomic E-state index is 0.0235. The summed E-state index contributed by atoms with van der Waals surface area (Å²) in [6.45, 7) is 0. The van der Waals surface area contributed by atoms with Crippen LogP contribution in [0, 0.1) is 0 Å². The standard InChI is InChI=1S/C38H27N/c1-2-13-29(14-3-1)35-23-8-9-25-37(35)39(38-26-12-18-30-16-5-7-22-36(30)38)32-20-10-19-31(27-32)34-24-11-17-28-15-4-6-21-33(28)34/h1-27H/i5D,7D,12D,16D,18D,22D,26D. The highest BCUT2D eigenvalue weighted by Gasteiger charge is 2.19. The van der Waals surface area contributed by atoms with Gasteiger partial charge in [-0.05, 0) is 57.1 Å². The van der Waals surface area contributed by atoms with E-state index >= 15 is 0 Å². The summed E-state index contributed by atoms with van der Waals surface area (Å²) < 4.78 is 61.3. The molecule has 39 heavy (non-hydrogen) atoms. The summed E-state index contributed by atoms with van der Waals surface area (Å²) in [5.74, 6) is 0. The molecule has 0 atom stereocenters. The van der Waals surface area contributed by atoms with Crippen LogP contribution in [0.3, 0.4) is 0 Å². The minimum atomic E-state index is -0.483. The first-order valence-electron chi connectivity index (χ1n) is 16.3. The van der Waals surface area contributed by atoms with Gasteiger partial charge in [-0.25, -0.2) is 0 Å². The molecule has 0 unspecified atom stereocenters. The van der Waals surface area contributed by atoms with Crippen LogP contribution < -0.4 is 4.90 Å². The molecule has 0 fully saturated rings. The molecule has 0 spiro atoms. The second-order valence-corrected chi connectivity index (χ2v) is 9.27. The monoisotopic (exact) mass is 504 g/mol. The SMILES string of the molecule is [2H]c1c([2H])c([2H])c2c(N(c3cccc(-c4cccc5ccccc45)c3)c3ccccc3-c3ccccc3)c([2H])c([2H])c([2H])c2c1[2H]. The molecule has 1 heteroatoms. The summed E-state index contributed by atoms with van der Waals surface area (Å²) in [6, 6.07) is 36.7. The number of rotatable bonds is 5. The molecule has 1 nitrogen and oxygen atoms in total. The zero-order chi connectivity index (χ0) is 32.1. The molecule has 0 saturated carbocycles. The Balaban J connectivity index is 1.61. The van der Waals surface area contributed by atoms with Crippen LogP contribution in [-0.2, 0) is 0 Å². The fourth-order valence-corrected chi connectivity index (χ4v) is 5.18. The van der Waals surface area contributed by atoms with Crippen molar-refractivity contribution in [3.8, 4) is 22.3 Å². The van der Waals surface area contributed by atoms with Crippen LogP contribution in [0.15, 0.2) is 164 Å². The van der Waals surface area contributed by atoms with E-state index in [2.05, 4.69) is 24.3 Å². The molecule has 0 saturated heterocycles. The number of hydrogen-bond acceptors (Lipinski definition) is 1. The Morgan fingerprint density at radius 2 is 1.13 bits per heavy atom. The lowest BCUT2D eigenvalue weighted by Crippen LogP contribution is -2.11. The van der Waals surface area contributed by atoms with Crippen LogP contribution >= 0.6 is 0 Å². The van der Waals surface area contributed by atoms with Gasteiger partial charge in [0.05, 0.1) is 21.0 Å². The maximum atomic E-state index is 9.24. The van der Waals surface area contributed by atoms with Gasteiger partial charge in [0.2, 0.25) is 0 Å². The van der Waals surface area contributed by atoms with Crippen molar-refractivity contribution in [2.24, 2.45) is 0 Å². The summed E-state index contributed by atoms with van der Waals surface area (Å²) in [4.78, 5) is 1.81. The van der Waals surface area contributed by atoms with Crippen LogP contribution in [0.1, 0.15) is 9.60 Å². The Morgan fingerprint density at radius 3 is 2.08 bits per heavy atom. The molecule has 0 aliphatic rings. The van der Waals surface area contributed by atoms with E-state index in [1.165, 1.54) is 0 Å². The van der Waals surface area contributed by atoms with E-state index in [9.17, 15) is 1.37 Å². The lowest BCUT2D eigenvalue weighted by Gasteiger charge is -2.29. The van der Waals surface area contributed by atoms with Crippen LogP contribution in [-0.4, -0.2) is 0 Å². The van der Waals surface area contributed by atoms with E-state index in [-0.39, 0.29) is 28.5 Å². The average Bonchev–Trinajstić information content (AvgIpc) is 3.10. The van der Waals surface area contributed by atoms with Gasteiger partial charge in [0.25, 0.3) is 0 Å². The number of fused-ring (bicyclic) bond motifs is 2. The molecule has 0 aliphatic heterocycles. The molecule has 184 valence electrons. The Morgan fingerprint density at radius 1 is 0.436 bits per heavy atom. The zero-order valence-electron chi connectivity index (χ0n) is 28.0. The highest BCUT2D eigenvalue weighted by Crippen LogP contribution is 2.44. The van der Waals surface area contributed by atoms with E-state index < -0.39 is 30.2 Å². The van der Waals surface area contributed by atoms with Gasteiger partial charge in [-0.3, -0.25) is 0 Å². The molecule has 0 heterocycles. The summed E-state index contributed by atoms with van der Waals surface area (Å²) in [6.07, 6.45) is 0. The third-order valence-corrected chi connectivity index (χ3v) is 6.95. The Kier molecular flexibility index (Phi) is 4.25. The fourth-order valence-electron chi connectivity index (χ4n) is 5.18. The second kappa shape index (κ2) is 9.96. The van der Waals surface area contributed by atoms with Crippen molar-refractivity contribution in [3.05, 3.63) is 164 Å². The number of anilines is 3. The minimum Gasteiger partial charge on any atom is -0.309 e. The molecule has 0 bridgehead atoms. The highest BCUT2D eigenvalue weighted by atomic mass is 15.1. The predicted molar refractivity (Wildman–Crippen MR) is 167 cm³/mol. The van der Waals surface area contributed by atoms with Gasteiger partial charge in [-0.1, -0.05) is 139 Å². The van der Waals surface area contributed by atoms with E-state index in [0.717, 1.165) is 33.0 Å². The first-order valence-corrected chi connectivity index (χ1v) is 12.8. The van der Waals surface area contributed by atoms with Crippen LogP contribution in [0.25, 0.3) is 43.8 Å². The van der Waals surface area contributed by atoms with E-state index in [4.69, 9.17) is 8.22 Å². The molecular weight excluding hydrogens is 470 g/mol. The van der Waals surface area contributed by atoms with Crippen molar-refractivity contribution in [2.45, 2.75) is 0 Å². The molecule has 0 radical (unpaired) electrons. The third kappa shape index (κ3) is 4.24. The average molecular weight is 505 g/mol. The van der Waals surface area contributed by atoms with Crippen LogP contribution in [0.5, 0.6) is 0 Å². The van der Waals surface area contributed by atoms with Crippen molar-refractivity contribution in [2.75, 3.05) is 4.90 Å². The summed E-state index contributed by atoms with van der Waals surface area (Å²) >= 11 is 0. The highest BCUT2D eigenvalue weighted by molar-refractivity contribution is 6.02. The van der Waals surface area contributed by atoms with Crippen LogP contribution in [0.4, 0.5) is 17.1 Å². The zero-order valence-corrected chi connectivity index (χ0v) is 21.0. The Hall–Kier alpha value is -5.14. The van der Waals surface area contributed by atoms with Crippen molar-refractivity contribution < 1.29 is 9.60 Å². The van der Waals surface area contributed by atoms with Gasteiger partial charge in [-0.2, -0.15) is 0 Å². The van der Waals surface area contributed by atoms with Gasteiger partial charge in [0.15, 0.2) is 0 Å². The molecule has 0 amide bonds. The lowest BCUT2D eigenvalue weighted by molar-refractivity contribution is 1.30. The topological polar surface area (TPSA) is 3.24 Å². The summed E-state index contributed by atoms with van der Waals surface area (Å²) in [5.41, 5.74) is 5.06. The molecule has 0 aliphatic carbocycles. The molecular formula is C38H27N. The number of para-hydroxylation sites is 1. The number of nitrogens with zero attached hydrogens (tertiary/aromatic N) is 1. The van der Waals surface area contributed by atoms with Gasteiger partial charge in [0, 0.05) is 16.6 Å². The van der Waals surface area contributed by atoms with Gasteiger partial charge < -0.3 is 4.90 Å². The van der Waals surface area contributed by atoms with Crippen molar-refractivity contribution in [3.63, 3.8) is 0 Å². The van der Waals surface area contributed by atoms with Crippen molar-refractivity contribution in [1.82, 2.24) is 0 Å². The van der Waals surface area contributed by atoms with E-state index in [1.807, 2.05) is 97.1 Å². The van der Waals surface area contributed by atoms with Crippen LogP contribution in [0.2, 0.25) is 0 Å². The van der Waals surface area contributed by atoms with Crippen molar-refractivity contribution >= 4 is 38.6 Å². The Labute approximate surface area is 239 Å². The number of hydrogen-bond donors (Lipinski definition) is 0. The summed E-state index contributed by atoms with van der Waals surface area (Å²) in [5, 5.41) is 2.10. The predicted octanol–water partition coefficient (Wildman–Crippen LogP) is 10.8. The quantitative estimate of drug-likeness (QED) is 0.225. The molecule has 7 rings (SSSR count). The van der Waals surface area contributed by atoms with E-state index in [1.54, 1.807) is 4.90 Å².